The van der Waals surface area contributed by atoms with Crippen LogP contribution in [-0.4, -0.2) is 0 Å². The summed E-state index contributed by atoms with van der Waals surface area (Å²) >= 11 is 0. The van der Waals surface area contributed by atoms with Gasteiger partial charge in [-0.2, -0.15) is 0 Å². The van der Waals surface area contributed by atoms with Crippen LogP contribution in [-0.2, 0) is 5.41 Å². The number of benzene rings is 10. The first-order valence-corrected chi connectivity index (χ1v) is 20.8. The summed E-state index contributed by atoms with van der Waals surface area (Å²) in [4.78, 5) is 2.48. The van der Waals surface area contributed by atoms with Crippen molar-refractivity contribution in [3.05, 3.63) is 271 Å². The predicted octanol–water partition coefficient (Wildman–Crippen LogP) is 15.7. The summed E-state index contributed by atoms with van der Waals surface area (Å²) in [5, 5.41) is 2.48. The van der Waals surface area contributed by atoms with Gasteiger partial charge in [0.1, 0.15) is 0 Å². The lowest BCUT2D eigenvalue weighted by Gasteiger charge is -2.34. The molecule has 282 valence electrons. The highest BCUT2D eigenvalue weighted by Crippen LogP contribution is 2.59. The molecule has 0 aliphatic heterocycles. The molecule has 0 atom stereocenters. The summed E-state index contributed by atoms with van der Waals surface area (Å²) in [5.74, 6) is 0. The van der Waals surface area contributed by atoms with E-state index < -0.39 is 5.41 Å². The second-order valence-corrected chi connectivity index (χ2v) is 15.6. The zero-order chi connectivity index (χ0) is 39.9. The van der Waals surface area contributed by atoms with E-state index in [9.17, 15) is 0 Å². The van der Waals surface area contributed by atoms with E-state index in [1.165, 1.54) is 77.5 Å². The third kappa shape index (κ3) is 5.78. The molecule has 0 fully saturated rings. The van der Waals surface area contributed by atoms with E-state index >= 15 is 0 Å². The largest absolute Gasteiger partial charge is 0.310 e. The summed E-state index contributed by atoms with van der Waals surface area (Å²) in [7, 11) is 0. The van der Waals surface area contributed by atoms with Gasteiger partial charge in [0.2, 0.25) is 0 Å². The Morgan fingerprint density at radius 3 is 1.52 bits per heavy atom. The van der Waals surface area contributed by atoms with Crippen molar-refractivity contribution in [2.45, 2.75) is 5.41 Å². The maximum absolute atomic E-state index is 2.48. The Bertz CT molecular complexity index is 3090. The van der Waals surface area contributed by atoms with Crippen LogP contribution in [0.5, 0.6) is 0 Å². The highest BCUT2D eigenvalue weighted by Gasteiger charge is 2.47. The standard InChI is InChI=1S/C59H41N/c1-4-19-42(20-5-1)50-30-12-13-31-52(50)44-37-39-48(40-38-44)60(49-28-16-23-45(41-49)53-33-17-22-43-21-10-11-29-51(43)53)57-36-18-35-56-58(57)54-32-14-15-34-55(54)59(56,46-24-6-2-7-25-46)47-26-8-3-9-27-47/h1-41H. The zero-order valence-corrected chi connectivity index (χ0v) is 33.1. The maximum Gasteiger partial charge on any atom is 0.0714 e. The number of anilines is 3. The molecule has 11 rings (SSSR count). The molecule has 0 aromatic heterocycles. The Hall–Kier alpha value is -7.74. The van der Waals surface area contributed by atoms with Crippen LogP contribution in [0.4, 0.5) is 17.1 Å². The van der Waals surface area contributed by atoms with Crippen LogP contribution in [0.25, 0.3) is 55.3 Å². The molecular weight excluding hydrogens is 723 g/mol. The molecule has 0 heterocycles. The Kier molecular flexibility index (Phi) is 8.79. The molecule has 0 saturated heterocycles. The summed E-state index contributed by atoms with van der Waals surface area (Å²) in [6.45, 7) is 0. The lowest BCUT2D eigenvalue weighted by Crippen LogP contribution is -2.28. The van der Waals surface area contributed by atoms with Crippen molar-refractivity contribution < 1.29 is 0 Å². The molecule has 0 spiro atoms. The van der Waals surface area contributed by atoms with Crippen molar-refractivity contribution in [1.29, 1.82) is 0 Å². The van der Waals surface area contributed by atoms with Crippen molar-refractivity contribution in [3.63, 3.8) is 0 Å². The van der Waals surface area contributed by atoms with Gasteiger partial charge in [-0.05, 0) is 102 Å². The van der Waals surface area contributed by atoms with E-state index in [1.54, 1.807) is 0 Å². The second-order valence-electron chi connectivity index (χ2n) is 15.6. The molecule has 0 radical (unpaired) electrons. The molecular formula is C59H41N. The Morgan fingerprint density at radius 2 is 0.800 bits per heavy atom. The van der Waals surface area contributed by atoms with Crippen LogP contribution in [0.2, 0.25) is 0 Å². The molecule has 1 aliphatic rings. The lowest BCUT2D eigenvalue weighted by molar-refractivity contribution is 0.768. The summed E-state index contributed by atoms with van der Waals surface area (Å²) in [5.41, 5.74) is 17.6. The van der Waals surface area contributed by atoms with E-state index in [-0.39, 0.29) is 0 Å². The molecule has 10 aromatic carbocycles. The van der Waals surface area contributed by atoms with Crippen LogP contribution in [0.1, 0.15) is 22.3 Å². The fourth-order valence-corrected chi connectivity index (χ4v) is 9.77. The summed E-state index contributed by atoms with van der Waals surface area (Å²) < 4.78 is 0. The van der Waals surface area contributed by atoms with Crippen molar-refractivity contribution >= 4 is 27.8 Å². The van der Waals surface area contributed by atoms with Gasteiger partial charge in [-0.25, -0.2) is 0 Å². The van der Waals surface area contributed by atoms with Gasteiger partial charge < -0.3 is 4.90 Å². The highest BCUT2D eigenvalue weighted by atomic mass is 15.1. The van der Waals surface area contributed by atoms with Gasteiger partial charge in [0.15, 0.2) is 0 Å². The van der Waals surface area contributed by atoms with Crippen LogP contribution >= 0.6 is 0 Å². The van der Waals surface area contributed by atoms with Crippen molar-refractivity contribution in [2.75, 3.05) is 4.90 Å². The van der Waals surface area contributed by atoms with Gasteiger partial charge in [-0.15, -0.1) is 0 Å². The van der Waals surface area contributed by atoms with Crippen molar-refractivity contribution in [1.82, 2.24) is 0 Å². The van der Waals surface area contributed by atoms with Gasteiger partial charge in [-0.3, -0.25) is 0 Å². The van der Waals surface area contributed by atoms with Crippen LogP contribution < -0.4 is 4.90 Å². The average molecular weight is 764 g/mol. The molecule has 0 saturated carbocycles. The number of fused-ring (bicyclic) bond motifs is 4. The minimum atomic E-state index is -0.508. The van der Waals surface area contributed by atoms with E-state index in [0.717, 1.165) is 17.1 Å². The topological polar surface area (TPSA) is 3.24 Å². The van der Waals surface area contributed by atoms with Crippen LogP contribution in [0, 0.1) is 0 Å². The molecule has 0 bridgehead atoms. The lowest BCUT2D eigenvalue weighted by atomic mass is 9.68. The minimum absolute atomic E-state index is 0.508. The monoisotopic (exact) mass is 763 g/mol. The Balaban J connectivity index is 1.15. The van der Waals surface area contributed by atoms with E-state index in [1.807, 2.05) is 0 Å². The van der Waals surface area contributed by atoms with Gasteiger partial charge in [0, 0.05) is 16.9 Å². The van der Waals surface area contributed by atoms with Crippen molar-refractivity contribution in [2.24, 2.45) is 0 Å². The average Bonchev–Trinajstić information content (AvgIpc) is 3.64. The van der Waals surface area contributed by atoms with Gasteiger partial charge in [-0.1, -0.05) is 218 Å². The maximum atomic E-state index is 2.48. The molecule has 0 unspecified atom stereocenters. The summed E-state index contributed by atoms with van der Waals surface area (Å²) in [6, 6.07) is 91.0. The molecule has 1 heteroatoms. The number of hydrogen-bond acceptors (Lipinski definition) is 1. The fraction of sp³-hybridized carbons (Fsp3) is 0.0169. The normalized spacial score (nSPS) is 12.5. The summed E-state index contributed by atoms with van der Waals surface area (Å²) in [6.07, 6.45) is 0. The van der Waals surface area contributed by atoms with Crippen LogP contribution in [0.15, 0.2) is 249 Å². The first-order chi connectivity index (χ1) is 29.8. The molecule has 0 N–H and O–H groups in total. The second kappa shape index (κ2) is 14.9. The first kappa shape index (κ1) is 35.4. The first-order valence-electron chi connectivity index (χ1n) is 20.8. The molecule has 1 aliphatic carbocycles. The zero-order valence-electron chi connectivity index (χ0n) is 33.1. The van der Waals surface area contributed by atoms with Crippen molar-refractivity contribution in [3.8, 4) is 44.5 Å². The van der Waals surface area contributed by atoms with E-state index in [4.69, 9.17) is 0 Å². The molecule has 60 heavy (non-hydrogen) atoms. The fourth-order valence-electron chi connectivity index (χ4n) is 9.77. The number of hydrogen-bond donors (Lipinski definition) is 0. The number of nitrogens with zero attached hydrogens (tertiary/aromatic N) is 1. The van der Waals surface area contributed by atoms with Gasteiger partial charge in [0.05, 0.1) is 11.1 Å². The highest BCUT2D eigenvalue weighted by molar-refractivity contribution is 6.00. The van der Waals surface area contributed by atoms with Gasteiger partial charge >= 0.3 is 0 Å². The molecule has 0 amide bonds. The molecule has 10 aromatic rings. The Labute approximate surface area is 352 Å². The van der Waals surface area contributed by atoms with Gasteiger partial charge in [0.25, 0.3) is 0 Å². The predicted molar refractivity (Wildman–Crippen MR) is 252 cm³/mol. The third-order valence-electron chi connectivity index (χ3n) is 12.4. The Morgan fingerprint density at radius 1 is 0.300 bits per heavy atom. The van der Waals surface area contributed by atoms with E-state index in [0.29, 0.717) is 0 Å². The smallest absolute Gasteiger partial charge is 0.0714 e. The minimum Gasteiger partial charge on any atom is -0.310 e. The van der Waals surface area contributed by atoms with E-state index in [2.05, 4.69) is 254 Å². The number of rotatable bonds is 8. The van der Waals surface area contributed by atoms with Crippen LogP contribution in [0.3, 0.4) is 0 Å². The molecule has 1 nitrogen and oxygen atoms in total. The quantitative estimate of drug-likeness (QED) is 0.149. The third-order valence-corrected chi connectivity index (χ3v) is 12.4. The SMILES string of the molecule is c1ccc(-c2ccccc2-c2ccc(N(c3cccc(-c4cccc5ccccc45)c3)c3cccc4c3-c3ccccc3C4(c3ccccc3)c3ccccc3)cc2)cc1.